The Labute approximate surface area is 123 Å². The number of hydrazine groups is 1. The fourth-order valence-electron chi connectivity index (χ4n) is 3.02. The zero-order valence-corrected chi connectivity index (χ0v) is 12.2. The number of aryl methyl sites for hydroxylation is 2. The van der Waals surface area contributed by atoms with E-state index in [0.717, 1.165) is 34.4 Å². The Hall–Kier alpha value is -1.91. The van der Waals surface area contributed by atoms with Gasteiger partial charge in [0.15, 0.2) is 0 Å². The van der Waals surface area contributed by atoms with Crippen molar-refractivity contribution >= 4 is 0 Å². The number of benzene rings is 2. The summed E-state index contributed by atoms with van der Waals surface area (Å²) in [7, 11) is 0. The minimum atomic E-state index is -0.364. The second kappa shape index (κ2) is 5.47. The molecule has 0 aliphatic carbocycles. The van der Waals surface area contributed by atoms with Crippen LogP contribution in [0.4, 0.5) is 4.39 Å². The molecule has 0 saturated heterocycles. The van der Waals surface area contributed by atoms with Crippen LogP contribution in [0.3, 0.4) is 0 Å². The first-order valence-corrected chi connectivity index (χ1v) is 7.08. The molecule has 1 unspecified atom stereocenters. The molecule has 21 heavy (non-hydrogen) atoms. The number of nitrogens with two attached hydrogens (primary N) is 1. The third-order valence-corrected chi connectivity index (χ3v) is 3.98. The average molecular weight is 286 g/mol. The van der Waals surface area contributed by atoms with Gasteiger partial charge in [0.1, 0.15) is 11.6 Å². The largest absolute Gasteiger partial charge is 0.493 e. The highest BCUT2D eigenvalue weighted by atomic mass is 19.1. The number of halogens is 1. The second-order valence-corrected chi connectivity index (χ2v) is 5.54. The van der Waals surface area contributed by atoms with Gasteiger partial charge in [0.05, 0.1) is 12.6 Å². The zero-order chi connectivity index (χ0) is 15.0. The molecule has 1 atom stereocenters. The highest BCUT2D eigenvalue weighted by molar-refractivity contribution is 5.45. The van der Waals surface area contributed by atoms with Crippen LogP contribution in [0.15, 0.2) is 30.3 Å². The number of nitrogens with one attached hydrogen (secondary N) is 1. The van der Waals surface area contributed by atoms with Crippen LogP contribution >= 0.6 is 0 Å². The number of ether oxygens (including phenoxy) is 1. The normalized spacial score (nSPS) is 14.7. The molecule has 2 aromatic rings. The Morgan fingerprint density at radius 3 is 2.76 bits per heavy atom. The van der Waals surface area contributed by atoms with Crippen molar-refractivity contribution in [1.82, 2.24) is 5.43 Å². The first-order valence-electron chi connectivity index (χ1n) is 7.08. The summed E-state index contributed by atoms with van der Waals surface area (Å²) >= 11 is 0. The van der Waals surface area contributed by atoms with Crippen molar-refractivity contribution in [1.29, 1.82) is 0 Å². The molecule has 0 radical (unpaired) electrons. The van der Waals surface area contributed by atoms with Crippen molar-refractivity contribution < 1.29 is 9.13 Å². The quantitative estimate of drug-likeness (QED) is 0.673. The maximum absolute atomic E-state index is 14.4. The number of rotatable bonds is 3. The standard InChI is InChI=1S/C17H19FN2O/c1-10-7-11(2)16(14(18)8-10)17(20-19)13-3-4-15-12(9-13)5-6-21-15/h3-4,7-9,17,20H,5-6,19H2,1-2H3. The Bertz CT molecular complexity index is 661. The predicted octanol–water partition coefficient (Wildman–Crippen LogP) is 2.93. The lowest BCUT2D eigenvalue weighted by Gasteiger charge is -2.21. The summed E-state index contributed by atoms with van der Waals surface area (Å²) in [6.45, 7) is 4.50. The van der Waals surface area contributed by atoms with Gasteiger partial charge in [0.2, 0.25) is 0 Å². The van der Waals surface area contributed by atoms with E-state index >= 15 is 0 Å². The molecular formula is C17H19FN2O. The van der Waals surface area contributed by atoms with E-state index in [1.807, 2.05) is 38.1 Å². The van der Waals surface area contributed by atoms with E-state index in [4.69, 9.17) is 10.6 Å². The molecule has 0 saturated carbocycles. The number of hydrogen-bond donors (Lipinski definition) is 2. The minimum Gasteiger partial charge on any atom is -0.493 e. The van der Waals surface area contributed by atoms with E-state index in [0.29, 0.717) is 12.2 Å². The SMILES string of the molecule is Cc1cc(C)c(C(NN)c2ccc3c(c2)CCO3)c(F)c1. The van der Waals surface area contributed by atoms with Gasteiger partial charge in [0, 0.05) is 12.0 Å². The van der Waals surface area contributed by atoms with Crippen LogP contribution in [0.2, 0.25) is 0 Å². The van der Waals surface area contributed by atoms with Crippen LogP contribution in [0.25, 0.3) is 0 Å². The van der Waals surface area contributed by atoms with Gasteiger partial charge < -0.3 is 4.74 Å². The first kappa shape index (κ1) is 14.0. The molecule has 2 aromatic carbocycles. The smallest absolute Gasteiger partial charge is 0.128 e. The van der Waals surface area contributed by atoms with E-state index < -0.39 is 0 Å². The Balaban J connectivity index is 2.07. The fourth-order valence-corrected chi connectivity index (χ4v) is 3.02. The van der Waals surface area contributed by atoms with Gasteiger partial charge in [-0.2, -0.15) is 0 Å². The summed E-state index contributed by atoms with van der Waals surface area (Å²) in [6, 6.07) is 9.07. The monoisotopic (exact) mass is 286 g/mol. The van der Waals surface area contributed by atoms with E-state index in [-0.39, 0.29) is 11.9 Å². The van der Waals surface area contributed by atoms with Gasteiger partial charge in [-0.05, 0) is 48.2 Å². The summed E-state index contributed by atoms with van der Waals surface area (Å²) in [4.78, 5) is 0. The Morgan fingerprint density at radius 2 is 2.05 bits per heavy atom. The van der Waals surface area contributed by atoms with Crippen molar-refractivity contribution in [3.05, 3.63) is 64.0 Å². The van der Waals surface area contributed by atoms with Gasteiger partial charge in [-0.15, -0.1) is 0 Å². The summed E-state index contributed by atoms with van der Waals surface area (Å²) in [5, 5.41) is 0. The molecule has 0 bridgehead atoms. The molecule has 110 valence electrons. The van der Waals surface area contributed by atoms with Crippen LogP contribution in [-0.4, -0.2) is 6.61 Å². The molecule has 0 spiro atoms. The van der Waals surface area contributed by atoms with E-state index in [1.165, 1.54) is 0 Å². The molecule has 1 heterocycles. The molecule has 1 aliphatic heterocycles. The Morgan fingerprint density at radius 1 is 1.24 bits per heavy atom. The van der Waals surface area contributed by atoms with Gasteiger partial charge in [0.25, 0.3) is 0 Å². The topological polar surface area (TPSA) is 47.3 Å². The lowest BCUT2D eigenvalue weighted by Crippen LogP contribution is -2.30. The molecule has 1 aliphatic rings. The molecule has 3 nitrogen and oxygen atoms in total. The van der Waals surface area contributed by atoms with Crippen LogP contribution in [0.1, 0.15) is 33.9 Å². The molecule has 0 aromatic heterocycles. The maximum Gasteiger partial charge on any atom is 0.128 e. The molecule has 3 N–H and O–H groups in total. The lowest BCUT2D eigenvalue weighted by molar-refractivity contribution is 0.357. The lowest BCUT2D eigenvalue weighted by atomic mass is 9.92. The van der Waals surface area contributed by atoms with Gasteiger partial charge in [-0.25, -0.2) is 9.82 Å². The second-order valence-electron chi connectivity index (χ2n) is 5.54. The fraction of sp³-hybridized carbons (Fsp3) is 0.294. The Kier molecular flexibility index (Phi) is 3.66. The van der Waals surface area contributed by atoms with Crippen molar-refractivity contribution in [2.75, 3.05) is 6.61 Å². The van der Waals surface area contributed by atoms with Crippen LogP contribution < -0.4 is 16.0 Å². The van der Waals surface area contributed by atoms with Gasteiger partial charge in [-0.3, -0.25) is 5.84 Å². The summed E-state index contributed by atoms with van der Waals surface area (Å²) in [6.07, 6.45) is 0.885. The predicted molar refractivity (Wildman–Crippen MR) is 80.7 cm³/mol. The number of fused-ring (bicyclic) bond motifs is 1. The highest BCUT2D eigenvalue weighted by Gasteiger charge is 2.21. The maximum atomic E-state index is 14.4. The van der Waals surface area contributed by atoms with E-state index in [1.54, 1.807) is 6.07 Å². The van der Waals surface area contributed by atoms with Crippen molar-refractivity contribution in [2.45, 2.75) is 26.3 Å². The molecule has 0 fully saturated rings. The summed E-state index contributed by atoms with van der Waals surface area (Å²) in [5.74, 6) is 6.39. The molecular weight excluding hydrogens is 267 g/mol. The first-order chi connectivity index (χ1) is 10.1. The van der Waals surface area contributed by atoms with Crippen molar-refractivity contribution in [2.24, 2.45) is 5.84 Å². The summed E-state index contributed by atoms with van der Waals surface area (Å²) in [5.41, 5.74) is 7.25. The van der Waals surface area contributed by atoms with Gasteiger partial charge in [-0.1, -0.05) is 18.2 Å². The van der Waals surface area contributed by atoms with E-state index in [9.17, 15) is 4.39 Å². The minimum absolute atomic E-state index is 0.229. The zero-order valence-electron chi connectivity index (χ0n) is 12.2. The van der Waals surface area contributed by atoms with Crippen molar-refractivity contribution in [3.63, 3.8) is 0 Å². The van der Waals surface area contributed by atoms with Crippen LogP contribution in [-0.2, 0) is 6.42 Å². The number of hydrogen-bond acceptors (Lipinski definition) is 3. The third kappa shape index (κ3) is 2.52. The summed E-state index contributed by atoms with van der Waals surface area (Å²) < 4.78 is 19.9. The van der Waals surface area contributed by atoms with Crippen LogP contribution in [0.5, 0.6) is 5.75 Å². The highest BCUT2D eigenvalue weighted by Crippen LogP contribution is 2.32. The third-order valence-electron chi connectivity index (χ3n) is 3.98. The average Bonchev–Trinajstić information content (AvgIpc) is 2.89. The molecule has 4 heteroatoms. The molecule has 3 rings (SSSR count). The van der Waals surface area contributed by atoms with Gasteiger partial charge >= 0.3 is 0 Å². The van der Waals surface area contributed by atoms with E-state index in [2.05, 4.69) is 5.43 Å². The van der Waals surface area contributed by atoms with Crippen LogP contribution in [0, 0.1) is 19.7 Å². The van der Waals surface area contributed by atoms with Crippen molar-refractivity contribution in [3.8, 4) is 5.75 Å². The molecule has 0 amide bonds.